The van der Waals surface area contributed by atoms with Gasteiger partial charge in [0.25, 0.3) is 5.91 Å². The molecule has 20 heavy (non-hydrogen) atoms. The van der Waals surface area contributed by atoms with Gasteiger partial charge in [0.1, 0.15) is 0 Å². The second-order valence-corrected chi connectivity index (χ2v) is 7.64. The van der Waals surface area contributed by atoms with E-state index in [9.17, 15) is 4.79 Å². The van der Waals surface area contributed by atoms with Gasteiger partial charge in [-0.2, -0.15) is 0 Å². The van der Waals surface area contributed by atoms with Crippen molar-refractivity contribution >= 4 is 34.3 Å². The minimum Gasteiger partial charge on any atom is -0.321 e. The van der Waals surface area contributed by atoms with E-state index in [1.165, 1.54) is 4.88 Å². The molecule has 2 aromatic rings. The first-order valence-electron chi connectivity index (χ1n) is 6.92. The quantitative estimate of drug-likeness (QED) is 0.774. The van der Waals surface area contributed by atoms with Crippen molar-refractivity contribution < 1.29 is 4.79 Å². The molecule has 0 bridgehead atoms. The molecule has 2 rings (SSSR count). The lowest BCUT2D eigenvalue weighted by molar-refractivity contribution is 0.102. The van der Waals surface area contributed by atoms with Crippen LogP contribution in [0.15, 0.2) is 22.9 Å². The van der Waals surface area contributed by atoms with E-state index in [1.807, 2.05) is 24.4 Å². The van der Waals surface area contributed by atoms with Crippen LogP contribution in [0.5, 0.6) is 0 Å². The number of rotatable bonds is 5. The summed E-state index contributed by atoms with van der Waals surface area (Å²) in [6.45, 7) is 8.68. The molecule has 0 saturated carbocycles. The zero-order chi connectivity index (χ0) is 14.7. The van der Waals surface area contributed by atoms with E-state index in [-0.39, 0.29) is 5.91 Å². The van der Waals surface area contributed by atoms with E-state index in [4.69, 9.17) is 0 Å². The second kappa shape index (κ2) is 6.55. The molecule has 4 heteroatoms. The van der Waals surface area contributed by atoms with Gasteiger partial charge in [-0.05, 0) is 48.1 Å². The summed E-state index contributed by atoms with van der Waals surface area (Å²) in [6.07, 6.45) is 1.14. The largest absolute Gasteiger partial charge is 0.321 e. The van der Waals surface area contributed by atoms with E-state index < -0.39 is 0 Å². The second-order valence-electron chi connectivity index (χ2n) is 5.57. The first-order chi connectivity index (χ1) is 9.49. The van der Waals surface area contributed by atoms with Crippen molar-refractivity contribution in [2.24, 2.45) is 5.92 Å². The van der Waals surface area contributed by atoms with E-state index >= 15 is 0 Å². The topological polar surface area (TPSA) is 29.1 Å². The summed E-state index contributed by atoms with van der Waals surface area (Å²) in [7, 11) is 0. The van der Waals surface area contributed by atoms with Crippen molar-refractivity contribution in [1.29, 1.82) is 0 Å². The first kappa shape index (κ1) is 15.3. The molecule has 0 aliphatic carbocycles. The molecular formula is C16H21NOS2. The molecule has 0 radical (unpaired) electrons. The summed E-state index contributed by atoms with van der Waals surface area (Å²) in [6, 6.07) is 3.90. The summed E-state index contributed by atoms with van der Waals surface area (Å²) in [5, 5.41) is 7.08. The summed E-state index contributed by atoms with van der Waals surface area (Å²) in [5.74, 6) is 1.14. The number of hydrogen-bond acceptors (Lipinski definition) is 3. The number of nitrogens with one attached hydrogen (secondary N) is 1. The average Bonchev–Trinajstić information content (AvgIpc) is 2.96. The van der Waals surface area contributed by atoms with Gasteiger partial charge in [-0.15, -0.1) is 22.7 Å². The van der Waals surface area contributed by atoms with Gasteiger partial charge < -0.3 is 5.32 Å². The molecule has 0 fully saturated rings. The highest BCUT2D eigenvalue weighted by Gasteiger charge is 2.17. The predicted molar refractivity (Wildman–Crippen MR) is 89.2 cm³/mol. The van der Waals surface area contributed by atoms with Gasteiger partial charge in [0.05, 0.1) is 11.3 Å². The zero-order valence-corrected chi connectivity index (χ0v) is 14.0. The number of anilines is 1. The van der Waals surface area contributed by atoms with Crippen molar-refractivity contribution in [3.05, 3.63) is 38.2 Å². The molecule has 0 aliphatic heterocycles. The average molecular weight is 307 g/mol. The van der Waals surface area contributed by atoms with Crippen LogP contribution in [0.1, 0.15) is 53.2 Å². The Balaban J connectivity index is 2.13. The normalized spacial score (nSPS) is 12.7. The summed E-state index contributed by atoms with van der Waals surface area (Å²) < 4.78 is 0. The highest BCUT2D eigenvalue weighted by atomic mass is 32.1. The Hall–Kier alpha value is -1.13. The number of aryl methyl sites for hydroxylation is 1. The molecule has 1 atom stereocenters. The molecule has 108 valence electrons. The third-order valence-corrected chi connectivity index (χ3v) is 5.31. The van der Waals surface area contributed by atoms with Crippen LogP contribution in [-0.2, 0) is 0 Å². The highest BCUT2D eigenvalue weighted by Crippen LogP contribution is 2.34. The molecule has 0 aromatic carbocycles. The molecular weight excluding hydrogens is 286 g/mol. The standard InChI is InChI=1S/C16H21NOS2/c1-10(2)9-11(3)15-14(6-8-20-15)17-16(18)13-5-7-19-12(13)4/h5-8,10-11H,9H2,1-4H3,(H,17,18). The third-order valence-electron chi connectivity index (χ3n) is 3.32. The van der Waals surface area contributed by atoms with E-state index in [0.717, 1.165) is 22.5 Å². The van der Waals surface area contributed by atoms with Crippen LogP contribution in [0.2, 0.25) is 0 Å². The molecule has 2 heterocycles. The fraction of sp³-hybridized carbons (Fsp3) is 0.438. The third kappa shape index (κ3) is 3.49. The van der Waals surface area contributed by atoms with Crippen molar-refractivity contribution in [3.8, 4) is 0 Å². The molecule has 1 unspecified atom stereocenters. The SMILES string of the molecule is Cc1sccc1C(=O)Nc1ccsc1C(C)CC(C)C. The van der Waals surface area contributed by atoms with E-state index in [2.05, 4.69) is 31.5 Å². The lowest BCUT2D eigenvalue weighted by Gasteiger charge is -2.15. The van der Waals surface area contributed by atoms with Crippen LogP contribution in [0.25, 0.3) is 0 Å². The first-order valence-corrected chi connectivity index (χ1v) is 8.67. The maximum Gasteiger partial charge on any atom is 0.256 e. The molecule has 0 spiro atoms. The molecule has 0 saturated heterocycles. The zero-order valence-electron chi connectivity index (χ0n) is 12.4. The van der Waals surface area contributed by atoms with Crippen LogP contribution in [0, 0.1) is 12.8 Å². The predicted octanol–water partition coefficient (Wildman–Crippen LogP) is 5.52. The van der Waals surface area contributed by atoms with Crippen LogP contribution in [-0.4, -0.2) is 5.91 Å². The minimum atomic E-state index is 0.000136. The number of carbonyl (C=O) groups excluding carboxylic acids is 1. The summed E-state index contributed by atoms with van der Waals surface area (Å²) in [5.41, 5.74) is 1.75. The van der Waals surface area contributed by atoms with Crippen LogP contribution in [0.3, 0.4) is 0 Å². The molecule has 1 amide bonds. The Morgan fingerprint density at radius 3 is 2.50 bits per heavy atom. The van der Waals surface area contributed by atoms with Gasteiger partial charge in [0, 0.05) is 9.75 Å². The van der Waals surface area contributed by atoms with Gasteiger partial charge in [0.15, 0.2) is 0 Å². The van der Waals surface area contributed by atoms with Gasteiger partial charge in [0.2, 0.25) is 0 Å². The number of thiophene rings is 2. The van der Waals surface area contributed by atoms with Crippen molar-refractivity contribution in [2.75, 3.05) is 5.32 Å². The highest BCUT2D eigenvalue weighted by molar-refractivity contribution is 7.10. The van der Waals surface area contributed by atoms with Crippen LogP contribution >= 0.6 is 22.7 Å². The van der Waals surface area contributed by atoms with Crippen molar-refractivity contribution in [3.63, 3.8) is 0 Å². The number of carbonyl (C=O) groups is 1. The Morgan fingerprint density at radius 2 is 1.90 bits per heavy atom. The monoisotopic (exact) mass is 307 g/mol. The molecule has 2 aromatic heterocycles. The lowest BCUT2D eigenvalue weighted by atomic mass is 9.97. The lowest BCUT2D eigenvalue weighted by Crippen LogP contribution is -2.13. The molecule has 0 aliphatic rings. The molecule has 1 N–H and O–H groups in total. The van der Waals surface area contributed by atoms with E-state index in [0.29, 0.717) is 11.8 Å². The van der Waals surface area contributed by atoms with Gasteiger partial charge in [-0.1, -0.05) is 20.8 Å². The number of amides is 1. The Labute approximate surface area is 128 Å². The summed E-state index contributed by atoms with van der Waals surface area (Å²) in [4.78, 5) is 14.6. The van der Waals surface area contributed by atoms with Gasteiger partial charge >= 0.3 is 0 Å². The minimum absolute atomic E-state index is 0.000136. The maximum atomic E-state index is 12.3. The smallest absolute Gasteiger partial charge is 0.256 e. The Bertz CT molecular complexity index is 583. The number of hydrogen-bond donors (Lipinski definition) is 1. The van der Waals surface area contributed by atoms with Gasteiger partial charge in [-0.3, -0.25) is 4.79 Å². The Kier molecular flexibility index (Phi) is 5.00. The summed E-state index contributed by atoms with van der Waals surface area (Å²) >= 11 is 3.34. The van der Waals surface area contributed by atoms with E-state index in [1.54, 1.807) is 22.7 Å². The fourth-order valence-corrected chi connectivity index (χ4v) is 4.05. The molecule has 2 nitrogen and oxygen atoms in total. The fourth-order valence-electron chi connectivity index (χ4n) is 2.43. The maximum absolute atomic E-state index is 12.3. The van der Waals surface area contributed by atoms with Crippen LogP contribution < -0.4 is 5.32 Å². The Morgan fingerprint density at radius 1 is 1.20 bits per heavy atom. The van der Waals surface area contributed by atoms with Crippen LogP contribution in [0.4, 0.5) is 5.69 Å². The van der Waals surface area contributed by atoms with Crippen molar-refractivity contribution in [1.82, 2.24) is 0 Å². The van der Waals surface area contributed by atoms with Gasteiger partial charge in [-0.25, -0.2) is 0 Å². The van der Waals surface area contributed by atoms with Crippen molar-refractivity contribution in [2.45, 2.75) is 40.0 Å².